The number of para-hydroxylation sites is 1. The fraction of sp³-hybridized carbons (Fsp3) is 0.182. The number of nitrogens with one attached hydrogen (secondary N) is 1. The molecule has 3 aromatic rings. The summed E-state index contributed by atoms with van der Waals surface area (Å²) in [4.78, 5) is 2.19. The molecule has 5 heteroatoms. The van der Waals surface area contributed by atoms with Crippen LogP contribution in [0.3, 0.4) is 0 Å². The monoisotopic (exact) mass is 397 g/mol. The Hall–Kier alpha value is -2.24. The zero-order valence-corrected chi connectivity index (χ0v) is 17.1. The molecule has 0 aromatic heterocycles. The lowest BCUT2D eigenvalue weighted by Crippen LogP contribution is -2.13. The van der Waals surface area contributed by atoms with Gasteiger partial charge >= 0.3 is 0 Å². The summed E-state index contributed by atoms with van der Waals surface area (Å²) in [6, 6.07) is 24.5. The first kappa shape index (κ1) is 19.5. The summed E-state index contributed by atoms with van der Waals surface area (Å²) in [6.07, 6.45) is 0.935. The van der Waals surface area contributed by atoms with Gasteiger partial charge in [0.1, 0.15) is 0 Å². The third-order valence-electron chi connectivity index (χ3n) is 3.98. The van der Waals surface area contributed by atoms with Crippen LogP contribution < -0.4 is 4.72 Å². The smallest absolute Gasteiger partial charge is 0.261 e. The lowest BCUT2D eigenvalue weighted by molar-refractivity contribution is 0.601. The summed E-state index contributed by atoms with van der Waals surface area (Å²) >= 11 is 1.53. The lowest BCUT2D eigenvalue weighted by Gasteiger charge is -2.13. The summed E-state index contributed by atoms with van der Waals surface area (Å²) in [5.41, 5.74) is 1.72. The average molecular weight is 398 g/mol. The van der Waals surface area contributed by atoms with E-state index in [1.165, 1.54) is 11.8 Å². The second-order valence-electron chi connectivity index (χ2n) is 6.76. The quantitative estimate of drug-likeness (QED) is 0.545. The zero-order chi connectivity index (χ0) is 19.3. The fourth-order valence-corrected chi connectivity index (χ4v) is 4.80. The van der Waals surface area contributed by atoms with Crippen molar-refractivity contribution >= 4 is 27.5 Å². The van der Waals surface area contributed by atoms with Gasteiger partial charge in [-0.2, -0.15) is 0 Å². The summed E-state index contributed by atoms with van der Waals surface area (Å²) < 4.78 is 28.4. The highest BCUT2D eigenvalue weighted by Gasteiger charge is 2.16. The third-order valence-corrected chi connectivity index (χ3v) is 6.45. The van der Waals surface area contributed by atoms with Gasteiger partial charge in [0.15, 0.2) is 0 Å². The van der Waals surface area contributed by atoms with Gasteiger partial charge < -0.3 is 0 Å². The highest BCUT2D eigenvalue weighted by Crippen LogP contribution is 2.34. The van der Waals surface area contributed by atoms with Crippen LogP contribution in [0.25, 0.3) is 0 Å². The van der Waals surface area contributed by atoms with Crippen LogP contribution >= 0.6 is 11.8 Å². The molecule has 0 amide bonds. The Morgan fingerprint density at radius 2 is 1.48 bits per heavy atom. The van der Waals surface area contributed by atoms with E-state index < -0.39 is 10.0 Å². The molecule has 3 aromatic carbocycles. The molecule has 0 saturated heterocycles. The summed E-state index contributed by atoms with van der Waals surface area (Å²) in [5, 5.41) is 0. The first-order valence-corrected chi connectivity index (χ1v) is 11.2. The Bertz CT molecular complexity index is 982. The maximum atomic E-state index is 12.8. The normalized spacial score (nSPS) is 11.5. The standard InChI is InChI=1S/C22H23NO2S2/c1-17(2)16-18-12-14-20(15-13-18)27(24,25)23-21-10-6-7-11-22(21)26-19-8-4-3-5-9-19/h3-15,17,23H,16H2,1-2H3. The molecule has 0 saturated carbocycles. The van der Waals surface area contributed by atoms with E-state index in [9.17, 15) is 8.42 Å². The lowest BCUT2D eigenvalue weighted by atomic mass is 10.0. The predicted molar refractivity (Wildman–Crippen MR) is 113 cm³/mol. The fourth-order valence-electron chi connectivity index (χ4n) is 2.74. The van der Waals surface area contributed by atoms with Crippen molar-refractivity contribution in [3.63, 3.8) is 0 Å². The number of hydrogen-bond acceptors (Lipinski definition) is 3. The van der Waals surface area contributed by atoms with Crippen LogP contribution in [0.4, 0.5) is 5.69 Å². The minimum Gasteiger partial charge on any atom is -0.278 e. The van der Waals surface area contributed by atoms with Gasteiger partial charge in [-0.15, -0.1) is 0 Å². The van der Waals surface area contributed by atoms with Gasteiger partial charge in [0.2, 0.25) is 0 Å². The number of sulfonamides is 1. The van der Waals surface area contributed by atoms with Crippen molar-refractivity contribution in [1.29, 1.82) is 0 Å². The van der Waals surface area contributed by atoms with Crippen LogP contribution in [-0.4, -0.2) is 8.42 Å². The molecule has 0 spiro atoms. The second kappa shape index (κ2) is 8.63. The first-order valence-electron chi connectivity index (χ1n) is 8.88. The molecule has 1 N–H and O–H groups in total. The van der Waals surface area contributed by atoms with Crippen LogP contribution in [0.2, 0.25) is 0 Å². The summed E-state index contributed by atoms with van der Waals surface area (Å²) in [6.45, 7) is 4.29. The predicted octanol–water partition coefficient (Wildman–Crippen LogP) is 5.84. The number of anilines is 1. The second-order valence-corrected chi connectivity index (χ2v) is 9.56. The largest absolute Gasteiger partial charge is 0.278 e. The Balaban J connectivity index is 1.82. The Labute approximate surface area is 165 Å². The Morgan fingerprint density at radius 3 is 2.15 bits per heavy atom. The molecule has 0 fully saturated rings. The molecule has 3 nitrogen and oxygen atoms in total. The van der Waals surface area contributed by atoms with Gasteiger partial charge in [-0.3, -0.25) is 4.72 Å². The molecular formula is C22H23NO2S2. The van der Waals surface area contributed by atoms with E-state index in [0.717, 1.165) is 21.8 Å². The van der Waals surface area contributed by atoms with Gasteiger partial charge in [0, 0.05) is 9.79 Å². The minimum absolute atomic E-state index is 0.273. The molecule has 3 rings (SSSR count). The van der Waals surface area contributed by atoms with E-state index in [1.54, 1.807) is 18.2 Å². The molecule has 0 aliphatic carbocycles. The van der Waals surface area contributed by atoms with E-state index in [0.29, 0.717) is 11.6 Å². The first-order chi connectivity index (χ1) is 12.9. The molecule has 0 aliphatic heterocycles. The molecule has 0 radical (unpaired) electrons. The van der Waals surface area contributed by atoms with Crippen LogP contribution in [0.15, 0.2) is 93.5 Å². The van der Waals surface area contributed by atoms with Gasteiger partial charge in [-0.25, -0.2) is 8.42 Å². The number of benzene rings is 3. The van der Waals surface area contributed by atoms with Gasteiger partial charge in [-0.05, 0) is 54.3 Å². The molecular weight excluding hydrogens is 374 g/mol. The van der Waals surface area contributed by atoms with Gasteiger partial charge in [-0.1, -0.05) is 68.1 Å². The summed E-state index contributed by atoms with van der Waals surface area (Å²) in [7, 11) is -3.64. The molecule has 0 heterocycles. The molecule has 0 bridgehead atoms. The molecule has 0 atom stereocenters. The molecule has 27 heavy (non-hydrogen) atoms. The minimum atomic E-state index is -3.64. The van der Waals surface area contributed by atoms with E-state index in [2.05, 4.69) is 18.6 Å². The van der Waals surface area contributed by atoms with Crippen molar-refractivity contribution in [1.82, 2.24) is 0 Å². The molecule has 140 valence electrons. The molecule has 0 aliphatic rings. The third kappa shape index (κ3) is 5.37. The van der Waals surface area contributed by atoms with E-state index in [-0.39, 0.29) is 4.90 Å². The Kier molecular flexibility index (Phi) is 6.24. The van der Waals surface area contributed by atoms with Gasteiger partial charge in [0.25, 0.3) is 10.0 Å². The average Bonchev–Trinajstić information content (AvgIpc) is 2.64. The van der Waals surface area contributed by atoms with Crippen LogP contribution in [0.1, 0.15) is 19.4 Å². The zero-order valence-electron chi connectivity index (χ0n) is 15.4. The van der Waals surface area contributed by atoms with Crippen LogP contribution in [-0.2, 0) is 16.4 Å². The SMILES string of the molecule is CC(C)Cc1ccc(S(=O)(=O)Nc2ccccc2Sc2ccccc2)cc1. The van der Waals surface area contributed by atoms with Crippen molar-refractivity contribution in [3.05, 3.63) is 84.4 Å². The maximum Gasteiger partial charge on any atom is 0.261 e. The van der Waals surface area contributed by atoms with Crippen molar-refractivity contribution in [2.24, 2.45) is 5.92 Å². The van der Waals surface area contributed by atoms with Crippen molar-refractivity contribution in [2.45, 2.75) is 35.0 Å². The maximum absolute atomic E-state index is 12.8. The Morgan fingerprint density at radius 1 is 0.852 bits per heavy atom. The topological polar surface area (TPSA) is 46.2 Å². The number of hydrogen-bond donors (Lipinski definition) is 1. The van der Waals surface area contributed by atoms with Crippen molar-refractivity contribution < 1.29 is 8.42 Å². The highest BCUT2D eigenvalue weighted by atomic mass is 32.2. The summed E-state index contributed by atoms with van der Waals surface area (Å²) in [5.74, 6) is 0.535. The van der Waals surface area contributed by atoms with Crippen LogP contribution in [0.5, 0.6) is 0 Å². The van der Waals surface area contributed by atoms with Gasteiger partial charge in [0.05, 0.1) is 10.6 Å². The van der Waals surface area contributed by atoms with Crippen LogP contribution in [0, 0.1) is 5.92 Å². The van der Waals surface area contributed by atoms with E-state index in [1.807, 2.05) is 60.7 Å². The van der Waals surface area contributed by atoms with E-state index in [4.69, 9.17) is 0 Å². The highest BCUT2D eigenvalue weighted by molar-refractivity contribution is 7.99. The van der Waals surface area contributed by atoms with Crippen molar-refractivity contribution in [3.8, 4) is 0 Å². The molecule has 0 unspecified atom stereocenters. The van der Waals surface area contributed by atoms with E-state index >= 15 is 0 Å². The number of rotatable bonds is 7. The van der Waals surface area contributed by atoms with Crippen molar-refractivity contribution in [2.75, 3.05) is 4.72 Å².